The number of fused-ring (bicyclic) bond motifs is 1. The number of nitrogens with two attached hydrogens (primary N) is 1. The number of thiazole rings is 1. The van der Waals surface area contributed by atoms with E-state index in [1.54, 1.807) is 14.1 Å². The number of aromatic nitrogens is 3. The molecule has 0 unspecified atom stereocenters. The van der Waals surface area contributed by atoms with Crippen LogP contribution in [0.4, 0.5) is 17.3 Å². The Balaban J connectivity index is 0.000000491. The lowest BCUT2D eigenvalue weighted by atomic mass is 10.0. The van der Waals surface area contributed by atoms with Crippen molar-refractivity contribution in [3.05, 3.63) is 55.7 Å². The molecule has 8 nitrogen and oxygen atoms in total. The Hall–Kier alpha value is -2.46. The van der Waals surface area contributed by atoms with Crippen LogP contribution in [-0.2, 0) is 4.79 Å². The van der Waals surface area contributed by atoms with Gasteiger partial charge < -0.3 is 16.0 Å². The predicted octanol–water partition coefficient (Wildman–Crippen LogP) is 4.86. The topological polar surface area (TPSA) is 109 Å². The highest BCUT2D eigenvalue weighted by molar-refractivity contribution is 7.16. The van der Waals surface area contributed by atoms with E-state index in [9.17, 15) is 4.79 Å². The fourth-order valence-corrected chi connectivity index (χ4v) is 4.30. The molecule has 31 heavy (non-hydrogen) atoms. The minimum atomic E-state index is -0.211. The number of nitrogen functional groups attached to an aromatic ring is 1. The van der Waals surface area contributed by atoms with Crippen molar-refractivity contribution in [1.82, 2.24) is 19.9 Å². The summed E-state index contributed by atoms with van der Waals surface area (Å²) in [5.74, 6) is 0.829. The number of anilines is 2. The van der Waals surface area contributed by atoms with Gasteiger partial charge in [0.05, 0.1) is 16.6 Å². The van der Waals surface area contributed by atoms with Crippen molar-refractivity contribution in [2.45, 2.75) is 12.5 Å². The summed E-state index contributed by atoms with van der Waals surface area (Å²) in [4.78, 5) is 28.8. The van der Waals surface area contributed by atoms with Gasteiger partial charge in [-0.3, -0.25) is 4.79 Å². The van der Waals surface area contributed by atoms with Gasteiger partial charge in [0.15, 0.2) is 16.1 Å². The first-order valence-corrected chi connectivity index (χ1v) is 10.9. The number of halogens is 3. The lowest BCUT2D eigenvalue weighted by Crippen LogP contribution is -2.14. The Labute approximate surface area is 198 Å². The monoisotopic (exact) mass is 497 g/mol. The SMILES string of the molecule is CN(C)C=O.Nc1ncnc2c1N=C(c1ccc(Cl)cc1)C[C@H](c1sc(Cl)nc1Cl)N2. The third kappa shape index (κ3) is 5.82. The molecule has 1 atom stereocenters. The maximum atomic E-state index is 9.43. The van der Waals surface area contributed by atoms with Crippen LogP contribution in [0.25, 0.3) is 0 Å². The third-order valence-electron chi connectivity index (χ3n) is 4.09. The molecular formula is C19H18Cl3N7OS. The molecule has 3 heterocycles. The lowest BCUT2D eigenvalue weighted by molar-refractivity contribution is -0.115. The van der Waals surface area contributed by atoms with Gasteiger partial charge in [-0.1, -0.05) is 46.9 Å². The number of rotatable bonds is 3. The smallest absolute Gasteiger partial charge is 0.209 e. The number of hydrogen-bond donors (Lipinski definition) is 2. The van der Waals surface area contributed by atoms with Crippen LogP contribution in [0, 0.1) is 0 Å². The Morgan fingerprint density at radius 3 is 2.45 bits per heavy atom. The molecule has 1 amide bonds. The lowest BCUT2D eigenvalue weighted by Gasteiger charge is -2.16. The number of benzene rings is 1. The number of hydrogen-bond acceptors (Lipinski definition) is 8. The summed E-state index contributed by atoms with van der Waals surface area (Å²) in [7, 11) is 3.38. The number of aliphatic imine (C=N–C) groups is 1. The first-order valence-electron chi connectivity index (χ1n) is 8.92. The van der Waals surface area contributed by atoms with Crippen LogP contribution in [0.1, 0.15) is 22.9 Å². The highest BCUT2D eigenvalue weighted by Gasteiger charge is 2.27. The molecule has 3 N–H and O–H groups in total. The van der Waals surface area contributed by atoms with E-state index < -0.39 is 0 Å². The average molecular weight is 499 g/mol. The van der Waals surface area contributed by atoms with Gasteiger partial charge >= 0.3 is 0 Å². The molecule has 162 valence electrons. The number of nitrogens with zero attached hydrogens (tertiary/aromatic N) is 5. The van der Waals surface area contributed by atoms with Crippen molar-refractivity contribution in [3.63, 3.8) is 0 Å². The predicted molar refractivity (Wildman–Crippen MR) is 127 cm³/mol. The zero-order valence-corrected chi connectivity index (χ0v) is 19.6. The maximum absolute atomic E-state index is 9.43. The molecule has 1 aliphatic rings. The third-order valence-corrected chi connectivity index (χ3v) is 6.02. The molecule has 0 spiro atoms. The van der Waals surface area contributed by atoms with Crippen molar-refractivity contribution >= 4 is 75.6 Å². The minimum Gasteiger partial charge on any atom is -0.382 e. The fourth-order valence-electron chi connectivity index (χ4n) is 2.68. The molecule has 2 aromatic heterocycles. The molecule has 0 radical (unpaired) electrons. The number of amides is 1. The molecule has 4 rings (SSSR count). The largest absolute Gasteiger partial charge is 0.382 e. The molecule has 3 aromatic rings. The first kappa shape index (κ1) is 23.2. The second-order valence-corrected chi connectivity index (χ2v) is 9.02. The molecular weight excluding hydrogens is 481 g/mol. The molecule has 1 aromatic carbocycles. The Morgan fingerprint density at radius 2 is 1.87 bits per heavy atom. The number of carbonyl (C=O) groups is 1. The standard InChI is InChI=1S/C16H11Cl3N6S.C3H7NO/c17-8-3-1-7(2-4-8)9-5-10(12-13(18)25-16(19)26-12)24-15-11(23-9)14(20)21-6-22-15;1-4(2)3-5/h1-4,6,10H,5H2,(H3,20,21,22,24);3H,1-2H3/t10-;/m1./s1. The molecule has 0 saturated heterocycles. The van der Waals surface area contributed by atoms with E-state index >= 15 is 0 Å². The minimum absolute atomic E-state index is 0.211. The Morgan fingerprint density at radius 1 is 1.19 bits per heavy atom. The van der Waals surface area contributed by atoms with Gasteiger partial charge in [-0.05, 0) is 17.7 Å². The fraction of sp³-hybridized carbons (Fsp3) is 0.211. The highest BCUT2D eigenvalue weighted by Crippen LogP contribution is 2.41. The zero-order valence-electron chi connectivity index (χ0n) is 16.5. The second kappa shape index (κ2) is 10.2. The van der Waals surface area contributed by atoms with Gasteiger partial charge in [-0.2, -0.15) is 0 Å². The van der Waals surface area contributed by atoms with Crippen LogP contribution in [0.5, 0.6) is 0 Å². The summed E-state index contributed by atoms with van der Waals surface area (Å²) >= 11 is 19.6. The van der Waals surface area contributed by atoms with Crippen molar-refractivity contribution in [1.29, 1.82) is 0 Å². The Kier molecular flexibility index (Phi) is 7.66. The molecule has 0 bridgehead atoms. The van der Waals surface area contributed by atoms with E-state index in [2.05, 4.69) is 20.3 Å². The molecule has 12 heteroatoms. The van der Waals surface area contributed by atoms with Crippen molar-refractivity contribution in [2.24, 2.45) is 4.99 Å². The van der Waals surface area contributed by atoms with Gasteiger partial charge in [0, 0.05) is 25.5 Å². The van der Waals surface area contributed by atoms with E-state index in [0.717, 1.165) is 22.6 Å². The molecule has 0 aliphatic carbocycles. The average Bonchev–Trinajstić information content (AvgIpc) is 2.95. The summed E-state index contributed by atoms with van der Waals surface area (Å²) in [6, 6.07) is 7.23. The number of nitrogens with one attached hydrogen (secondary N) is 1. The van der Waals surface area contributed by atoms with Crippen LogP contribution >= 0.6 is 46.1 Å². The highest BCUT2D eigenvalue weighted by atomic mass is 35.5. The number of carbonyl (C=O) groups excluding carboxylic acids is 1. The van der Waals surface area contributed by atoms with Crippen LogP contribution in [0.3, 0.4) is 0 Å². The van der Waals surface area contributed by atoms with Gasteiger partial charge in [-0.25, -0.2) is 19.9 Å². The Bertz CT molecular complexity index is 1100. The van der Waals surface area contributed by atoms with Gasteiger partial charge in [0.2, 0.25) is 6.41 Å². The van der Waals surface area contributed by atoms with Crippen LogP contribution < -0.4 is 11.1 Å². The van der Waals surface area contributed by atoms with Gasteiger partial charge in [-0.15, -0.1) is 11.3 Å². The summed E-state index contributed by atoms with van der Waals surface area (Å²) in [5, 5.41) is 4.35. The molecule has 1 aliphatic heterocycles. The maximum Gasteiger partial charge on any atom is 0.209 e. The van der Waals surface area contributed by atoms with Crippen molar-refractivity contribution in [3.8, 4) is 0 Å². The molecule has 0 saturated carbocycles. The summed E-state index contributed by atoms with van der Waals surface area (Å²) in [6.07, 6.45) is 2.68. The van der Waals surface area contributed by atoms with E-state index in [1.807, 2.05) is 24.3 Å². The van der Waals surface area contributed by atoms with Crippen LogP contribution in [0.15, 0.2) is 35.6 Å². The van der Waals surface area contributed by atoms with Crippen LogP contribution in [0.2, 0.25) is 14.6 Å². The summed E-state index contributed by atoms with van der Waals surface area (Å²) in [6.45, 7) is 0. The molecule has 0 fully saturated rings. The second-order valence-electron chi connectivity index (χ2n) is 6.61. The van der Waals surface area contributed by atoms with Gasteiger partial charge in [0.1, 0.15) is 17.2 Å². The van der Waals surface area contributed by atoms with Gasteiger partial charge in [0.25, 0.3) is 0 Å². The van der Waals surface area contributed by atoms with E-state index in [1.165, 1.54) is 22.6 Å². The van der Waals surface area contributed by atoms with Crippen molar-refractivity contribution < 1.29 is 4.79 Å². The van der Waals surface area contributed by atoms with Crippen LogP contribution in [-0.4, -0.2) is 46.1 Å². The first-order chi connectivity index (χ1) is 14.8. The van der Waals surface area contributed by atoms with Crippen molar-refractivity contribution in [2.75, 3.05) is 25.1 Å². The van der Waals surface area contributed by atoms with E-state index in [4.69, 9.17) is 45.5 Å². The summed E-state index contributed by atoms with van der Waals surface area (Å²) < 4.78 is 0.378. The zero-order chi connectivity index (χ0) is 22.5. The van der Waals surface area contributed by atoms with E-state index in [0.29, 0.717) is 38.4 Å². The van der Waals surface area contributed by atoms with E-state index in [-0.39, 0.29) is 6.04 Å². The summed E-state index contributed by atoms with van der Waals surface area (Å²) in [5.41, 5.74) is 8.24. The quantitative estimate of drug-likeness (QED) is 0.499. The normalized spacial score (nSPS) is 14.9.